The normalized spacial score (nSPS) is 31.1. The Morgan fingerprint density at radius 2 is 1.52 bits per heavy atom. The molecule has 2 atom stereocenters. The Bertz CT molecular complexity index is 453. The first-order valence-corrected chi connectivity index (χ1v) is 14.2. The number of fused-ring (bicyclic) bond motifs is 1. The van der Waals surface area contributed by atoms with Gasteiger partial charge in [-0.3, -0.25) is 0 Å². The second-order valence-corrected chi connectivity index (χ2v) is 12.8. The Kier molecular flexibility index (Phi) is 7.42. The molecule has 2 saturated carbocycles. The predicted octanol–water partition coefficient (Wildman–Crippen LogP) is 6.31. The van der Waals surface area contributed by atoms with Crippen molar-refractivity contribution >= 4 is 8.80 Å². The zero-order chi connectivity index (χ0) is 17.5. The molecular weight excluding hydrogens is 318 g/mol. The van der Waals surface area contributed by atoms with E-state index in [4.69, 9.17) is 0 Å². The summed E-state index contributed by atoms with van der Waals surface area (Å²) in [6, 6.07) is 0.749. The van der Waals surface area contributed by atoms with Crippen molar-refractivity contribution in [1.82, 2.24) is 5.32 Å². The highest BCUT2D eigenvalue weighted by molar-refractivity contribution is 6.59. The van der Waals surface area contributed by atoms with Crippen molar-refractivity contribution in [3.63, 3.8) is 0 Å². The van der Waals surface area contributed by atoms with Crippen LogP contribution >= 0.6 is 0 Å². The first kappa shape index (κ1) is 19.4. The van der Waals surface area contributed by atoms with E-state index in [0.29, 0.717) is 5.16 Å². The highest BCUT2D eigenvalue weighted by Gasteiger charge is 2.38. The van der Waals surface area contributed by atoms with E-state index < -0.39 is 8.80 Å². The van der Waals surface area contributed by atoms with Crippen LogP contribution in [0, 0.1) is 5.92 Å². The van der Waals surface area contributed by atoms with Crippen molar-refractivity contribution in [2.75, 3.05) is 0 Å². The molecule has 3 aliphatic rings. The molecule has 0 saturated heterocycles. The fraction of sp³-hybridized carbons (Fsp3) is 0.826. The summed E-state index contributed by atoms with van der Waals surface area (Å²) < 4.78 is 0. The first-order chi connectivity index (χ1) is 12.2. The summed E-state index contributed by atoms with van der Waals surface area (Å²) in [6.07, 6.45) is 27.2. The SMILES string of the molecule is C[SiH](C)C1(NC2CC3=CC=CCC3C2)CCCCCCCCCCC1. The Labute approximate surface area is 158 Å². The summed E-state index contributed by atoms with van der Waals surface area (Å²) in [5.41, 5.74) is 1.73. The second kappa shape index (κ2) is 9.55. The van der Waals surface area contributed by atoms with Gasteiger partial charge in [-0.1, -0.05) is 94.7 Å². The molecule has 25 heavy (non-hydrogen) atoms. The van der Waals surface area contributed by atoms with Gasteiger partial charge in [-0.15, -0.1) is 0 Å². The molecular formula is C23H41NSi. The molecule has 0 spiro atoms. The molecule has 2 unspecified atom stereocenters. The smallest absolute Gasteiger partial charge is 0.0545 e. The van der Waals surface area contributed by atoms with Gasteiger partial charge in [0.25, 0.3) is 0 Å². The van der Waals surface area contributed by atoms with Crippen molar-refractivity contribution in [2.24, 2.45) is 5.92 Å². The van der Waals surface area contributed by atoms with E-state index in [-0.39, 0.29) is 0 Å². The molecule has 3 rings (SSSR count). The van der Waals surface area contributed by atoms with Crippen molar-refractivity contribution in [3.8, 4) is 0 Å². The van der Waals surface area contributed by atoms with Gasteiger partial charge >= 0.3 is 0 Å². The fourth-order valence-corrected chi connectivity index (χ4v) is 7.70. The molecule has 142 valence electrons. The summed E-state index contributed by atoms with van der Waals surface area (Å²) in [6.45, 7) is 5.23. The van der Waals surface area contributed by atoms with Gasteiger partial charge in [0, 0.05) is 11.2 Å². The van der Waals surface area contributed by atoms with Crippen LogP contribution in [0.2, 0.25) is 13.1 Å². The molecule has 0 aromatic heterocycles. The Hall–Kier alpha value is -0.343. The van der Waals surface area contributed by atoms with Crippen molar-refractivity contribution in [3.05, 3.63) is 23.8 Å². The van der Waals surface area contributed by atoms with Gasteiger partial charge in [0.2, 0.25) is 0 Å². The van der Waals surface area contributed by atoms with E-state index in [1.165, 1.54) is 89.9 Å². The van der Waals surface area contributed by atoms with E-state index >= 15 is 0 Å². The largest absolute Gasteiger partial charge is 0.311 e. The molecule has 0 aromatic rings. The van der Waals surface area contributed by atoms with E-state index in [2.05, 4.69) is 36.6 Å². The van der Waals surface area contributed by atoms with Gasteiger partial charge in [0.15, 0.2) is 0 Å². The third kappa shape index (κ3) is 5.32. The zero-order valence-electron chi connectivity index (χ0n) is 16.9. The minimum absolute atomic E-state index is 0.519. The maximum Gasteiger partial charge on any atom is 0.0545 e. The van der Waals surface area contributed by atoms with Crippen LogP contribution in [0.15, 0.2) is 23.8 Å². The highest BCUT2D eigenvalue weighted by atomic mass is 28.3. The summed E-state index contributed by atoms with van der Waals surface area (Å²) in [7, 11) is -0.743. The van der Waals surface area contributed by atoms with Crippen LogP contribution in [0.1, 0.15) is 89.9 Å². The van der Waals surface area contributed by atoms with Gasteiger partial charge in [0.05, 0.1) is 8.80 Å². The van der Waals surface area contributed by atoms with E-state index in [1.807, 2.05) is 0 Å². The second-order valence-electron chi connectivity index (χ2n) is 9.38. The van der Waals surface area contributed by atoms with Gasteiger partial charge in [-0.25, -0.2) is 0 Å². The number of hydrogen-bond donors (Lipinski definition) is 1. The van der Waals surface area contributed by atoms with Gasteiger partial charge in [-0.2, -0.15) is 0 Å². The van der Waals surface area contributed by atoms with Gasteiger partial charge < -0.3 is 5.32 Å². The van der Waals surface area contributed by atoms with Crippen molar-refractivity contribution in [1.29, 1.82) is 0 Å². The molecule has 0 aliphatic heterocycles. The highest BCUT2D eigenvalue weighted by Crippen LogP contribution is 2.38. The quantitative estimate of drug-likeness (QED) is 0.582. The molecule has 0 heterocycles. The zero-order valence-corrected chi connectivity index (χ0v) is 18.0. The van der Waals surface area contributed by atoms with Gasteiger partial charge in [0.1, 0.15) is 0 Å². The average Bonchev–Trinajstić information content (AvgIpc) is 2.99. The summed E-state index contributed by atoms with van der Waals surface area (Å²) >= 11 is 0. The minimum Gasteiger partial charge on any atom is -0.311 e. The molecule has 2 fully saturated rings. The first-order valence-electron chi connectivity index (χ1n) is 11.3. The molecule has 3 aliphatic carbocycles. The number of nitrogens with one attached hydrogen (secondary N) is 1. The van der Waals surface area contributed by atoms with Crippen molar-refractivity contribution in [2.45, 2.75) is 114 Å². The summed E-state index contributed by atoms with van der Waals surface area (Å²) in [4.78, 5) is 0. The summed E-state index contributed by atoms with van der Waals surface area (Å²) in [5, 5.41) is 4.85. The monoisotopic (exact) mass is 359 g/mol. The molecule has 2 heteroatoms. The summed E-state index contributed by atoms with van der Waals surface area (Å²) in [5.74, 6) is 0.847. The third-order valence-corrected chi connectivity index (χ3v) is 10.2. The van der Waals surface area contributed by atoms with Crippen LogP contribution in [-0.2, 0) is 0 Å². The standard InChI is InChI=1S/C23H41NSi/c1-25(2)23(16-12-8-6-4-3-5-7-9-13-17-23)24-22-18-20-14-10-11-15-21(20)19-22/h10-11,14,21-22,24-25H,3-9,12-13,15-19H2,1-2H3. The Morgan fingerprint density at radius 3 is 2.08 bits per heavy atom. The van der Waals surface area contributed by atoms with E-state index in [0.717, 1.165) is 12.0 Å². The predicted molar refractivity (Wildman–Crippen MR) is 114 cm³/mol. The van der Waals surface area contributed by atoms with Crippen molar-refractivity contribution < 1.29 is 0 Å². The third-order valence-electron chi connectivity index (χ3n) is 7.29. The van der Waals surface area contributed by atoms with Crippen LogP contribution in [-0.4, -0.2) is 20.0 Å². The lowest BCUT2D eigenvalue weighted by atomic mass is 9.95. The van der Waals surface area contributed by atoms with E-state index in [1.54, 1.807) is 5.57 Å². The van der Waals surface area contributed by atoms with E-state index in [9.17, 15) is 0 Å². The lowest BCUT2D eigenvalue weighted by molar-refractivity contribution is 0.311. The molecule has 0 bridgehead atoms. The number of hydrogen-bond acceptors (Lipinski definition) is 1. The van der Waals surface area contributed by atoms with Crippen LogP contribution in [0.5, 0.6) is 0 Å². The molecule has 0 radical (unpaired) electrons. The van der Waals surface area contributed by atoms with Crippen LogP contribution in [0.4, 0.5) is 0 Å². The fourth-order valence-electron chi connectivity index (χ4n) is 5.56. The lowest BCUT2D eigenvalue weighted by Gasteiger charge is -2.41. The number of allylic oxidation sites excluding steroid dienone is 3. The van der Waals surface area contributed by atoms with Crippen LogP contribution < -0.4 is 5.32 Å². The Morgan fingerprint density at radius 1 is 0.920 bits per heavy atom. The number of rotatable bonds is 3. The van der Waals surface area contributed by atoms with Crippen LogP contribution in [0.25, 0.3) is 0 Å². The molecule has 0 aromatic carbocycles. The average molecular weight is 360 g/mol. The minimum atomic E-state index is -0.743. The molecule has 1 nitrogen and oxygen atoms in total. The van der Waals surface area contributed by atoms with Gasteiger partial charge in [-0.05, 0) is 38.0 Å². The Balaban J connectivity index is 1.64. The topological polar surface area (TPSA) is 12.0 Å². The maximum atomic E-state index is 4.33. The molecule has 1 N–H and O–H groups in total. The maximum absolute atomic E-state index is 4.33. The molecule has 0 amide bonds. The lowest BCUT2D eigenvalue weighted by Crippen LogP contribution is -2.58. The van der Waals surface area contributed by atoms with Crippen LogP contribution in [0.3, 0.4) is 0 Å².